The monoisotopic (exact) mass is 421 g/mol. The van der Waals surface area contributed by atoms with Crippen molar-refractivity contribution in [3.8, 4) is 17.2 Å². The Bertz CT molecular complexity index is 954. The van der Waals surface area contributed by atoms with Gasteiger partial charge in [-0.25, -0.2) is 0 Å². The number of nitrogens with zero attached hydrogens (tertiary/aromatic N) is 1. The molecule has 2 aliphatic heterocycles. The second-order valence-electron chi connectivity index (χ2n) is 6.93. The number of hydrogen-bond acceptors (Lipinski definition) is 7. The van der Waals surface area contributed by atoms with Gasteiger partial charge in [0.2, 0.25) is 11.7 Å². The lowest BCUT2D eigenvalue weighted by Gasteiger charge is -2.25. The Labute approximate surface area is 171 Å². The van der Waals surface area contributed by atoms with Crippen molar-refractivity contribution in [1.29, 1.82) is 0 Å². The van der Waals surface area contributed by atoms with Crippen LogP contribution in [0.3, 0.4) is 0 Å². The summed E-state index contributed by atoms with van der Waals surface area (Å²) in [5, 5.41) is 15.6. The molecule has 1 aromatic carbocycles. The number of fused-ring (bicyclic) bond motifs is 1. The summed E-state index contributed by atoms with van der Waals surface area (Å²) < 4.78 is 17.7. The number of phenols is 1. The third-order valence-corrected chi connectivity index (χ3v) is 6.49. The van der Waals surface area contributed by atoms with Gasteiger partial charge in [0.25, 0.3) is 5.56 Å². The second-order valence-corrected chi connectivity index (χ2v) is 8.02. The zero-order chi connectivity index (χ0) is 20.5. The van der Waals surface area contributed by atoms with E-state index in [2.05, 4.69) is 10.4 Å². The largest absolute Gasteiger partial charge is 0.502 e. The average molecular weight is 421 g/mol. The van der Waals surface area contributed by atoms with Crippen LogP contribution in [0.1, 0.15) is 35.3 Å². The Balaban J connectivity index is 1.84. The zero-order valence-electron chi connectivity index (χ0n) is 16.2. The number of hydrogen-bond donors (Lipinski definition) is 3. The molecule has 1 amide bonds. The molecule has 1 fully saturated rings. The van der Waals surface area contributed by atoms with Gasteiger partial charge >= 0.3 is 0 Å². The maximum absolute atomic E-state index is 13.0. The lowest BCUT2D eigenvalue weighted by molar-refractivity contribution is -0.113. The number of aromatic amines is 1. The van der Waals surface area contributed by atoms with E-state index in [4.69, 9.17) is 14.2 Å². The number of H-pyrrole nitrogens is 1. The Morgan fingerprint density at radius 3 is 2.45 bits per heavy atom. The minimum Gasteiger partial charge on any atom is -0.502 e. The van der Waals surface area contributed by atoms with E-state index < -0.39 is 5.25 Å². The van der Waals surface area contributed by atoms with Crippen LogP contribution in [-0.4, -0.2) is 54.0 Å². The number of anilines is 1. The van der Waals surface area contributed by atoms with E-state index in [1.54, 1.807) is 16.8 Å². The molecule has 2 aliphatic rings. The van der Waals surface area contributed by atoms with Gasteiger partial charge < -0.3 is 24.6 Å². The molecular weight excluding hydrogens is 398 g/mol. The summed E-state index contributed by atoms with van der Waals surface area (Å²) in [7, 11) is 2.90. The van der Waals surface area contributed by atoms with Gasteiger partial charge in [-0.05, 0) is 30.5 Å². The van der Waals surface area contributed by atoms with Crippen molar-refractivity contribution >= 4 is 23.5 Å². The van der Waals surface area contributed by atoms with Crippen molar-refractivity contribution in [3.63, 3.8) is 0 Å². The summed E-state index contributed by atoms with van der Waals surface area (Å²) in [6.07, 6.45) is 1.51. The Morgan fingerprint density at radius 2 is 1.83 bits per heavy atom. The summed E-state index contributed by atoms with van der Waals surface area (Å²) >= 11 is 1.34. The zero-order valence-corrected chi connectivity index (χ0v) is 17.0. The van der Waals surface area contributed by atoms with Gasteiger partial charge in [-0.1, -0.05) is 0 Å². The number of thioether (sulfide) groups is 1. The third-order valence-electron chi connectivity index (χ3n) is 5.22. The first-order chi connectivity index (χ1) is 14.0. The highest BCUT2D eigenvalue weighted by molar-refractivity contribution is 8.00. The highest BCUT2D eigenvalue weighted by Gasteiger charge is 2.33. The van der Waals surface area contributed by atoms with Crippen molar-refractivity contribution in [2.45, 2.75) is 24.1 Å². The van der Waals surface area contributed by atoms with Gasteiger partial charge in [0.15, 0.2) is 11.5 Å². The predicted molar refractivity (Wildman–Crippen MR) is 108 cm³/mol. The molecule has 10 heteroatoms. The van der Waals surface area contributed by atoms with Gasteiger partial charge in [-0.15, -0.1) is 11.8 Å². The Kier molecular flexibility index (Phi) is 5.46. The van der Waals surface area contributed by atoms with Crippen LogP contribution in [0.5, 0.6) is 17.2 Å². The van der Waals surface area contributed by atoms with Crippen LogP contribution in [0.15, 0.2) is 16.9 Å². The summed E-state index contributed by atoms with van der Waals surface area (Å²) in [6.45, 7) is 1.22. The fourth-order valence-corrected chi connectivity index (χ4v) is 4.89. The maximum Gasteiger partial charge on any atom is 0.270 e. The molecule has 0 bridgehead atoms. The fraction of sp³-hybridized carbons (Fsp3) is 0.474. The molecule has 3 heterocycles. The topological polar surface area (TPSA) is 115 Å². The lowest BCUT2D eigenvalue weighted by Crippen LogP contribution is -2.24. The molecule has 2 aromatic rings. The molecule has 156 valence electrons. The third kappa shape index (κ3) is 3.58. The molecule has 3 N–H and O–H groups in total. The normalized spacial score (nSPS) is 19.9. The minimum atomic E-state index is -0.433. The number of phenolic OH excluding ortho intramolecular Hbond substituents is 1. The van der Waals surface area contributed by atoms with Crippen molar-refractivity contribution < 1.29 is 24.1 Å². The maximum atomic E-state index is 13.0. The predicted octanol–water partition coefficient (Wildman–Crippen LogP) is 2.03. The first-order valence-electron chi connectivity index (χ1n) is 9.32. The molecular formula is C19H23N3O6S. The van der Waals surface area contributed by atoms with Crippen LogP contribution in [0.4, 0.5) is 5.82 Å². The fourth-order valence-electron chi connectivity index (χ4n) is 3.79. The molecule has 0 spiro atoms. The first-order valence-corrected chi connectivity index (χ1v) is 10.4. The quantitative estimate of drug-likeness (QED) is 0.692. The van der Waals surface area contributed by atoms with Crippen molar-refractivity contribution in [2.75, 3.05) is 38.5 Å². The standard InChI is InChI=1S/C19H23N3O6S/c1-26-12-7-10(8-13(27-2)16(12)24)17-15-18(20-14(23)9-29-17)22(21-19(15)25)11-3-5-28-6-4-11/h7-8,11,17,24H,3-6,9H2,1-2H3,(H,20,23)(H,21,25)/t17-/m1/s1. The van der Waals surface area contributed by atoms with Gasteiger partial charge in [0, 0.05) is 13.2 Å². The minimum absolute atomic E-state index is 0.0492. The summed E-state index contributed by atoms with van der Waals surface area (Å²) in [5.74, 6) is 0.887. The molecule has 0 saturated carbocycles. The number of amides is 1. The summed E-state index contributed by atoms with van der Waals surface area (Å²) in [6, 6.07) is 3.38. The lowest BCUT2D eigenvalue weighted by atomic mass is 10.0. The van der Waals surface area contributed by atoms with Crippen LogP contribution < -0.4 is 20.3 Å². The van der Waals surface area contributed by atoms with Crippen LogP contribution in [0.2, 0.25) is 0 Å². The van der Waals surface area contributed by atoms with Crippen molar-refractivity contribution in [1.82, 2.24) is 9.78 Å². The number of methoxy groups -OCH3 is 2. The summed E-state index contributed by atoms with van der Waals surface area (Å²) in [5.41, 5.74) is 0.925. The smallest absolute Gasteiger partial charge is 0.270 e. The number of aromatic nitrogens is 2. The molecule has 4 rings (SSSR count). The molecule has 0 aliphatic carbocycles. The van der Waals surface area contributed by atoms with E-state index in [-0.39, 0.29) is 40.5 Å². The van der Waals surface area contributed by atoms with Gasteiger partial charge in [-0.3, -0.25) is 19.4 Å². The molecule has 1 aromatic heterocycles. The van der Waals surface area contributed by atoms with E-state index in [0.29, 0.717) is 30.2 Å². The van der Waals surface area contributed by atoms with E-state index in [1.165, 1.54) is 26.0 Å². The molecule has 1 saturated heterocycles. The number of carbonyl (C=O) groups is 1. The van der Waals surface area contributed by atoms with Crippen LogP contribution in [-0.2, 0) is 9.53 Å². The number of rotatable bonds is 4. The van der Waals surface area contributed by atoms with Crippen molar-refractivity contribution in [3.05, 3.63) is 33.6 Å². The van der Waals surface area contributed by atoms with Crippen molar-refractivity contribution in [2.24, 2.45) is 0 Å². The van der Waals surface area contributed by atoms with E-state index in [1.807, 2.05) is 0 Å². The second kappa shape index (κ2) is 8.03. The van der Waals surface area contributed by atoms with E-state index in [0.717, 1.165) is 12.8 Å². The molecule has 0 unspecified atom stereocenters. The molecule has 0 radical (unpaired) electrons. The van der Waals surface area contributed by atoms with Gasteiger partial charge in [0.05, 0.1) is 36.8 Å². The summed E-state index contributed by atoms with van der Waals surface area (Å²) in [4.78, 5) is 25.4. The number of carbonyl (C=O) groups excluding carboxylic acids is 1. The Morgan fingerprint density at radius 1 is 1.17 bits per heavy atom. The number of benzene rings is 1. The molecule has 29 heavy (non-hydrogen) atoms. The average Bonchev–Trinajstić information content (AvgIpc) is 2.94. The number of nitrogens with one attached hydrogen (secondary N) is 2. The van der Waals surface area contributed by atoms with Crippen LogP contribution >= 0.6 is 11.8 Å². The van der Waals surface area contributed by atoms with Gasteiger partial charge in [-0.2, -0.15) is 0 Å². The van der Waals surface area contributed by atoms with E-state index in [9.17, 15) is 14.7 Å². The molecule has 1 atom stereocenters. The number of aromatic hydroxyl groups is 1. The SMILES string of the molecule is COc1cc([C@H]2SCC(=O)Nc3c2c(=O)[nH]n3C2CCOCC2)cc(OC)c1O. The van der Waals surface area contributed by atoms with Crippen LogP contribution in [0, 0.1) is 0 Å². The molecule has 9 nitrogen and oxygen atoms in total. The Hall–Kier alpha value is -2.59. The van der Waals surface area contributed by atoms with Crippen LogP contribution in [0.25, 0.3) is 0 Å². The van der Waals surface area contributed by atoms with Gasteiger partial charge in [0.1, 0.15) is 5.82 Å². The van der Waals surface area contributed by atoms with E-state index >= 15 is 0 Å². The highest BCUT2D eigenvalue weighted by Crippen LogP contribution is 2.46. The first kappa shape index (κ1) is 19.7. The number of ether oxygens (including phenoxy) is 3. The highest BCUT2D eigenvalue weighted by atomic mass is 32.2.